The summed E-state index contributed by atoms with van der Waals surface area (Å²) in [5.41, 5.74) is 8.90. The van der Waals surface area contributed by atoms with Gasteiger partial charge in [0.25, 0.3) is 5.91 Å². The molecule has 1 aliphatic carbocycles. The molecule has 138 valence electrons. The number of carbonyl (C=O) groups is 2. The minimum absolute atomic E-state index is 0. The largest absolute Gasteiger partial charge is 0.355 e. The number of hydrogen-bond donors (Lipinski definition) is 2. The molecule has 2 aliphatic rings. The number of nitrogens with zero attached hydrogens (tertiary/aromatic N) is 1. The molecule has 1 atom stereocenters. The Morgan fingerprint density at radius 2 is 1.92 bits per heavy atom. The Morgan fingerprint density at radius 1 is 1.16 bits per heavy atom. The molecule has 0 saturated carbocycles. The molecule has 1 heterocycles. The van der Waals surface area contributed by atoms with Crippen LogP contribution in [-0.2, 0) is 17.6 Å². The first-order chi connectivity index (χ1) is 11.7. The van der Waals surface area contributed by atoms with Crippen LogP contribution < -0.4 is 11.1 Å². The summed E-state index contributed by atoms with van der Waals surface area (Å²) in [6.07, 6.45) is 6.35. The number of fused-ring (bicyclic) bond motifs is 1. The summed E-state index contributed by atoms with van der Waals surface area (Å²) in [4.78, 5) is 26.8. The van der Waals surface area contributed by atoms with Gasteiger partial charge in [0.2, 0.25) is 5.91 Å². The van der Waals surface area contributed by atoms with E-state index in [1.54, 1.807) is 0 Å². The summed E-state index contributed by atoms with van der Waals surface area (Å²) in [5, 5.41) is 2.84. The van der Waals surface area contributed by atoms with Crippen LogP contribution in [0.15, 0.2) is 18.2 Å². The van der Waals surface area contributed by atoms with Crippen molar-refractivity contribution in [3.63, 3.8) is 0 Å². The Morgan fingerprint density at radius 3 is 2.68 bits per heavy atom. The van der Waals surface area contributed by atoms with Gasteiger partial charge in [0, 0.05) is 31.7 Å². The summed E-state index contributed by atoms with van der Waals surface area (Å²) >= 11 is 0. The lowest BCUT2D eigenvalue weighted by Crippen LogP contribution is -2.46. The molecule has 1 aliphatic heterocycles. The highest BCUT2D eigenvalue weighted by Gasteiger charge is 2.29. The van der Waals surface area contributed by atoms with E-state index in [9.17, 15) is 9.59 Å². The fraction of sp³-hybridized carbons (Fsp3) is 0.579. The van der Waals surface area contributed by atoms with Gasteiger partial charge in [0.1, 0.15) is 0 Å². The Labute approximate surface area is 155 Å². The fourth-order valence-electron chi connectivity index (χ4n) is 3.76. The molecule has 1 aromatic carbocycles. The lowest BCUT2D eigenvalue weighted by molar-refractivity contribution is -0.126. The number of aryl methyl sites for hydroxylation is 2. The van der Waals surface area contributed by atoms with Gasteiger partial charge >= 0.3 is 0 Å². The van der Waals surface area contributed by atoms with Crippen LogP contribution in [0.25, 0.3) is 0 Å². The Balaban J connectivity index is 0.00000225. The number of likely N-dealkylation sites (tertiary alicyclic amines) is 1. The maximum atomic E-state index is 12.8. The van der Waals surface area contributed by atoms with Crippen LogP contribution in [-0.4, -0.2) is 42.9 Å². The number of carbonyl (C=O) groups excluding carboxylic acids is 2. The van der Waals surface area contributed by atoms with Crippen LogP contribution in [0.4, 0.5) is 0 Å². The van der Waals surface area contributed by atoms with Gasteiger partial charge in [-0.3, -0.25) is 9.59 Å². The second kappa shape index (κ2) is 9.20. The summed E-state index contributed by atoms with van der Waals surface area (Å²) in [6.45, 7) is 2.17. The van der Waals surface area contributed by atoms with Gasteiger partial charge in [-0.05, 0) is 61.8 Å². The predicted molar refractivity (Wildman–Crippen MR) is 101 cm³/mol. The van der Waals surface area contributed by atoms with E-state index in [2.05, 4.69) is 17.4 Å². The van der Waals surface area contributed by atoms with Gasteiger partial charge < -0.3 is 16.0 Å². The molecule has 0 aromatic heterocycles. The number of piperidine rings is 1. The fourth-order valence-corrected chi connectivity index (χ4v) is 3.76. The number of halogens is 1. The maximum Gasteiger partial charge on any atom is 0.253 e. The van der Waals surface area contributed by atoms with Gasteiger partial charge in [0.05, 0.1) is 5.92 Å². The summed E-state index contributed by atoms with van der Waals surface area (Å²) in [6, 6.07) is 6.12. The minimum Gasteiger partial charge on any atom is -0.355 e. The molecule has 1 aromatic rings. The third kappa shape index (κ3) is 4.73. The Bertz CT molecular complexity index is 621. The monoisotopic (exact) mass is 365 g/mol. The maximum absolute atomic E-state index is 12.8. The first-order valence-corrected chi connectivity index (χ1v) is 9.08. The lowest BCUT2D eigenvalue weighted by atomic mass is 9.90. The molecule has 1 saturated heterocycles. The zero-order valence-corrected chi connectivity index (χ0v) is 15.4. The smallest absolute Gasteiger partial charge is 0.253 e. The molecular weight excluding hydrogens is 338 g/mol. The molecule has 3 N–H and O–H groups in total. The van der Waals surface area contributed by atoms with Gasteiger partial charge in [-0.2, -0.15) is 0 Å². The van der Waals surface area contributed by atoms with Gasteiger partial charge in [0.15, 0.2) is 0 Å². The van der Waals surface area contributed by atoms with E-state index in [0.717, 1.165) is 37.8 Å². The van der Waals surface area contributed by atoms with Crippen LogP contribution in [0.1, 0.15) is 47.2 Å². The number of nitrogens with one attached hydrogen (secondary N) is 1. The van der Waals surface area contributed by atoms with Crippen molar-refractivity contribution >= 4 is 24.2 Å². The van der Waals surface area contributed by atoms with Gasteiger partial charge in [-0.25, -0.2) is 0 Å². The van der Waals surface area contributed by atoms with Crippen LogP contribution in [0, 0.1) is 5.92 Å². The topological polar surface area (TPSA) is 75.4 Å². The van der Waals surface area contributed by atoms with Crippen molar-refractivity contribution in [1.29, 1.82) is 0 Å². The van der Waals surface area contributed by atoms with E-state index in [0.29, 0.717) is 19.6 Å². The van der Waals surface area contributed by atoms with Crippen molar-refractivity contribution in [2.45, 2.75) is 38.5 Å². The molecule has 2 amide bonds. The Kier molecular flexibility index (Phi) is 7.26. The van der Waals surface area contributed by atoms with Gasteiger partial charge in [-0.1, -0.05) is 6.07 Å². The highest BCUT2D eigenvalue weighted by Crippen LogP contribution is 2.24. The molecule has 6 heteroatoms. The second-order valence-corrected chi connectivity index (χ2v) is 6.86. The number of nitrogens with two attached hydrogens (primary N) is 1. The predicted octanol–water partition coefficient (Wildman–Crippen LogP) is 1.91. The van der Waals surface area contributed by atoms with E-state index in [-0.39, 0.29) is 30.1 Å². The molecular formula is C19H28ClN3O2. The van der Waals surface area contributed by atoms with E-state index >= 15 is 0 Å². The molecule has 5 nitrogen and oxygen atoms in total. The van der Waals surface area contributed by atoms with Crippen LogP contribution >= 0.6 is 12.4 Å². The van der Waals surface area contributed by atoms with Crippen LogP contribution in [0.5, 0.6) is 0 Å². The standard InChI is InChI=1S/C19H27N3O2.ClH/c20-9-10-21-18(23)17-6-3-11-22(13-17)19(24)16-8-7-14-4-1-2-5-15(14)12-16;/h7-8,12,17H,1-6,9-11,13,20H2,(H,21,23);1H. The second-order valence-electron chi connectivity index (χ2n) is 6.86. The van der Waals surface area contributed by atoms with E-state index in [1.165, 1.54) is 24.0 Å². The van der Waals surface area contributed by atoms with Crippen molar-refractivity contribution in [1.82, 2.24) is 10.2 Å². The van der Waals surface area contributed by atoms with Crippen LogP contribution in [0.3, 0.4) is 0 Å². The average Bonchev–Trinajstić information content (AvgIpc) is 2.65. The van der Waals surface area contributed by atoms with E-state index in [1.807, 2.05) is 11.0 Å². The molecule has 0 radical (unpaired) electrons. The summed E-state index contributed by atoms with van der Waals surface area (Å²) in [5.74, 6) is -0.0463. The quantitative estimate of drug-likeness (QED) is 0.855. The van der Waals surface area contributed by atoms with Gasteiger partial charge in [-0.15, -0.1) is 12.4 Å². The molecule has 0 spiro atoms. The highest BCUT2D eigenvalue weighted by atomic mass is 35.5. The van der Waals surface area contributed by atoms with E-state index < -0.39 is 0 Å². The third-order valence-electron chi connectivity index (χ3n) is 5.12. The summed E-state index contributed by atoms with van der Waals surface area (Å²) < 4.78 is 0. The van der Waals surface area contributed by atoms with Crippen molar-refractivity contribution < 1.29 is 9.59 Å². The SMILES string of the molecule is Cl.NCCNC(=O)C1CCCN(C(=O)c2ccc3c(c2)CCCC3)C1. The highest BCUT2D eigenvalue weighted by molar-refractivity contribution is 5.95. The number of hydrogen-bond acceptors (Lipinski definition) is 3. The first-order valence-electron chi connectivity index (χ1n) is 9.08. The third-order valence-corrected chi connectivity index (χ3v) is 5.12. The normalized spacial score (nSPS) is 19.6. The number of amides is 2. The lowest BCUT2D eigenvalue weighted by Gasteiger charge is -2.32. The van der Waals surface area contributed by atoms with E-state index in [4.69, 9.17) is 5.73 Å². The molecule has 1 unspecified atom stereocenters. The molecule has 25 heavy (non-hydrogen) atoms. The molecule has 0 bridgehead atoms. The van der Waals surface area contributed by atoms with Crippen LogP contribution in [0.2, 0.25) is 0 Å². The van der Waals surface area contributed by atoms with Crippen molar-refractivity contribution in [3.8, 4) is 0 Å². The van der Waals surface area contributed by atoms with Crippen molar-refractivity contribution in [3.05, 3.63) is 34.9 Å². The zero-order chi connectivity index (χ0) is 16.9. The number of rotatable bonds is 4. The minimum atomic E-state index is -0.119. The van der Waals surface area contributed by atoms with Crippen molar-refractivity contribution in [2.75, 3.05) is 26.2 Å². The average molecular weight is 366 g/mol. The summed E-state index contributed by atoms with van der Waals surface area (Å²) in [7, 11) is 0. The number of benzene rings is 1. The van der Waals surface area contributed by atoms with Crippen molar-refractivity contribution in [2.24, 2.45) is 11.7 Å². The Hall–Kier alpha value is -1.59. The first kappa shape index (κ1) is 19.7. The molecule has 3 rings (SSSR count). The molecule has 1 fully saturated rings. The zero-order valence-electron chi connectivity index (χ0n) is 14.6.